The number of nitrogens with one attached hydrogen (secondary N) is 1. The van der Waals surface area contributed by atoms with Gasteiger partial charge in [-0.2, -0.15) is 0 Å². The Labute approximate surface area is 130 Å². The summed E-state index contributed by atoms with van der Waals surface area (Å²) in [4.78, 5) is 14.8. The molecule has 0 unspecified atom stereocenters. The van der Waals surface area contributed by atoms with E-state index in [1.807, 2.05) is 13.0 Å². The number of thiophene rings is 1. The Hall–Kier alpha value is -1.27. The molecule has 0 atom stereocenters. The molecule has 1 saturated heterocycles. The molecular formula is C15H25N3O2S. The van der Waals surface area contributed by atoms with E-state index in [2.05, 4.69) is 37.9 Å². The zero-order chi connectivity index (χ0) is 15.8. The summed E-state index contributed by atoms with van der Waals surface area (Å²) in [5.41, 5.74) is 6.09. The van der Waals surface area contributed by atoms with Crippen molar-refractivity contribution in [1.82, 2.24) is 5.32 Å². The zero-order valence-electron chi connectivity index (χ0n) is 13.4. The first-order chi connectivity index (χ1) is 9.63. The third kappa shape index (κ3) is 3.68. The van der Waals surface area contributed by atoms with E-state index < -0.39 is 0 Å². The Bertz CT molecular complexity index is 521. The number of hydrogen-bond donors (Lipinski definition) is 2. The Morgan fingerprint density at radius 3 is 2.48 bits per heavy atom. The summed E-state index contributed by atoms with van der Waals surface area (Å²) in [5.74, 6) is -0.0990. The Balaban J connectivity index is 2.26. The van der Waals surface area contributed by atoms with Gasteiger partial charge < -0.3 is 20.7 Å². The minimum absolute atomic E-state index is 0.0990. The van der Waals surface area contributed by atoms with E-state index in [0.717, 1.165) is 18.1 Å². The van der Waals surface area contributed by atoms with Gasteiger partial charge in [0.25, 0.3) is 5.91 Å². The average molecular weight is 311 g/mol. The number of ether oxygens (including phenoxy) is 1. The van der Waals surface area contributed by atoms with E-state index >= 15 is 0 Å². The highest BCUT2D eigenvalue weighted by atomic mass is 32.1. The number of nitrogens with two attached hydrogens (primary N) is 1. The SMILES string of the molecule is CCNC(=O)c1sc(N2CC(C)(C)OC(C)(C)C2)cc1N. The molecule has 0 saturated carbocycles. The highest BCUT2D eigenvalue weighted by Gasteiger charge is 2.38. The fourth-order valence-electron chi connectivity index (χ4n) is 2.91. The molecule has 1 amide bonds. The summed E-state index contributed by atoms with van der Waals surface area (Å²) in [5, 5.41) is 3.83. The molecule has 1 aromatic rings. The third-order valence-electron chi connectivity index (χ3n) is 3.30. The summed E-state index contributed by atoms with van der Waals surface area (Å²) >= 11 is 1.45. The van der Waals surface area contributed by atoms with Gasteiger partial charge in [0.05, 0.1) is 21.9 Å². The van der Waals surface area contributed by atoms with Crippen LogP contribution in [-0.2, 0) is 4.74 Å². The summed E-state index contributed by atoms with van der Waals surface area (Å²) in [7, 11) is 0. The third-order valence-corrected chi connectivity index (χ3v) is 4.51. The fourth-order valence-corrected chi connectivity index (χ4v) is 3.90. The second-order valence-electron chi connectivity index (χ2n) is 6.71. The van der Waals surface area contributed by atoms with E-state index in [1.165, 1.54) is 11.3 Å². The molecule has 3 N–H and O–H groups in total. The lowest BCUT2D eigenvalue weighted by Gasteiger charge is -2.47. The molecule has 1 aliphatic heterocycles. The summed E-state index contributed by atoms with van der Waals surface area (Å²) in [6.45, 7) is 12.4. The van der Waals surface area contributed by atoms with E-state index in [-0.39, 0.29) is 17.1 Å². The van der Waals surface area contributed by atoms with Crippen molar-refractivity contribution in [2.45, 2.75) is 45.8 Å². The highest BCUT2D eigenvalue weighted by Crippen LogP contribution is 2.37. The summed E-state index contributed by atoms with van der Waals surface area (Å²) in [6, 6.07) is 1.90. The van der Waals surface area contributed by atoms with E-state index in [0.29, 0.717) is 17.1 Å². The molecule has 0 aromatic carbocycles. The van der Waals surface area contributed by atoms with Gasteiger partial charge in [0.15, 0.2) is 0 Å². The number of carbonyl (C=O) groups excluding carboxylic acids is 1. The van der Waals surface area contributed by atoms with Gasteiger partial charge >= 0.3 is 0 Å². The molecule has 0 spiro atoms. The van der Waals surface area contributed by atoms with Crippen LogP contribution in [0.2, 0.25) is 0 Å². The number of amides is 1. The maximum Gasteiger partial charge on any atom is 0.263 e. The zero-order valence-corrected chi connectivity index (χ0v) is 14.3. The predicted octanol–water partition coefficient (Wildman–Crippen LogP) is 2.47. The van der Waals surface area contributed by atoms with Gasteiger partial charge in [-0.05, 0) is 40.7 Å². The Kier molecular flexibility index (Phi) is 4.22. The quantitative estimate of drug-likeness (QED) is 0.900. The number of carbonyl (C=O) groups is 1. The van der Waals surface area contributed by atoms with Crippen molar-refractivity contribution in [3.05, 3.63) is 10.9 Å². The van der Waals surface area contributed by atoms with Gasteiger partial charge in [0.1, 0.15) is 4.88 Å². The summed E-state index contributed by atoms with van der Waals surface area (Å²) in [6.07, 6.45) is 0. The minimum atomic E-state index is -0.230. The molecule has 5 nitrogen and oxygen atoms in total. The van der Waals surface area contributed by atoms with Gasteiger partial charge in [0, 0.05) is 19.6 Å². The number of morpholine rings is 1. The predicted molar refractivity (Wildman–Crippen MR) is 88.2 cm³/mol. The lowest BCUT2D eigenvalue weighted by Crippen LogP contribution is -2.57. The first-order valence-electron chi connectivity index (χ1n) is 7.26. The van der Waals surface area contributed by atoms with Crippen LogP contribution in [0.4, 0.5) is 10.7 Å². The molecule has 2 heterocycles. The lowest BCUT2D eigenvalue weighted by molar-refractivity contribution is -0.132. The molecule has 1 aliphatic rings. The second kappa shape index (κ2) is 5.50. The van der Waals surface area contributed by atoms with E-state index in [1.54, 1.807) is 0 Å². The number of rotatable bonds is 3. The average Bonchev–Trinajstić information content (AvgIpc) is 2.67. The first-order valence-corrected chi connectivity index (χ1v) is 8.08. The van der Waals surface area contributed by atoms with E-state index in [4.69, 9.17) is 10.5 Å². The molecule has 1 fully saturated rings. The van der Waals surface area contributed by atoms with Crippen LogP contribution in [0.5, 0.6) is 0 Å². The molecule has 0 aliphatic carbocycles. The number of nitrogens with zero attached hydrogens (tertiary/aromatic N) is 1. The normalized spacial score (nSPS) is 20.3. The molecule has 0 radical (unpaired) electrons. The van der Waals surface area contributed by atoms with Gasteiger partial charge in [-0.25, -0.2) is 0 Å². The summed E-state index contributed by atoms with van der Waals surface area (Å²) < 4.78 is 6.09. The Morgan fingerprint density at radius 1 is 1.38 bits per heavy atom. The van der Waals surface area contributed by atoms with Crippen LogP contribution >= 0.6 is 11.3 Å². The van der Waals surface area contributed by atoms with Crippen LogP contribution in [0.3, 0.4) is 0 Å². The molecule has 1 aromatic heterocycles. The molecule has 0 bridgehead atoms. The van der Waals surface area contributed by atoms with Crippen LogP contribution in [0, 0.1) is 0 Å². The van der Waals surface area contributed by atoms with Crippen LogP contribution in [0.1, 0.15) is 44.3 Å². The monoisotopic (exact) mass is 311 g/mol. The molecule has 2 rings (SSSR count). The minimum Gasteiger partial charge on any atom is -0.397 e. The molecule has 21 heavy (non-hydrogen) atoms. The van der Waals surface area contributed by atoms with Gasteiger partial charge in [-0.3, -0.25) is 4.79 Å². The molecular weight excluding hydrogens is 286 g/mol. The van der Waals surface area contributed by atoms with Crippen molar-refractivity contribution in [3.8, 4) is 0 Å². The molecule has 6 heteroatoms. The van der Waals surface area contributed by atoms with Crippen molar-refractivity contribution in [2.75, 3.05) is 30.3 Å². The van der Waals surface area contributed by atoms with Crippen LogP contribution in [0.15, 0.2) is 6.07 Å². The van der Waals surface area contributed by atoms with Gasteiger partial charge in [0.2, 0.25) is 0 Å². The highest BCUT2D eigenvalue weighted by molar-refractivity contribution is 7.18. The van der Waals surface area contributed by atoms with Crippen LogP contribution in [-0.4, -0.2) is 36.7 Å². The standard InChI is InChI=1S/C15H25N3O2S/c1-6-17-13(19)12-10(16)7-11(21-12)18-8-14(2,3)20-15(4,5)9-18/h7H,6,8-9,16H2,1-5H3,(H,17,19). The smallest absolute Gasteiger partial charge is 0.263 e. The van der Waals surface area contributed by atoms with Crippen molar-refractivity contribution in [2.24, 2.45) is 0 Å². The van der Waals surface area contributed by atoms with Crippen molar-refractivity contribution in [1.29, 1.82) is 0 Å². The van der Waals surface area contributed by atoms with Gasteiger partial charge in [-0.15, -0.1) is 11.3 Å². The van der Waals surface area contributed by atoms with Crippen molar-refractivity contribution >= 4 is 27.9 Å². The van der Waals surface area contributed by atoms with Crippen molar-refractivity contribution < 1.29 is 9.53 Å². The first kappa shape index (κ1) is 16.1. The number of hydrogen-bond acceptors (Lipinski definition) is 5. The van der Waals surface area contributed by atoms with Gasteiger partial charge in [-0.1, -0.05) is 0 Å². The number of anilines is 2. The lowest BCUT2D eigenvalue weighted by atomic mass is 9.99. The molecule has 118 valence electrons. The fraction of sp³-hybridized carbons (Fsp3) is 0.667. The maximum absolute atomic E-state index is 12.0. The maximum atomic E-state index is 12.0. The van der Waals surface area contributed by atoms with Crippen molar-refractivity contribution in [3.63, 3.8) is 0 Å². The topological polar surface area (TPSA) is 67.6 Å². The van der Waals surface area contributed by atoms with E-state index in [9.17, 15) is 4.79 Å². The second-order valence-corrected chi connectivity index (χ2v) is 7.74. The number of nitrogen functional groups attached to an aromatic ring is 1. The van der Waals surface area contributed by atoms with Crippen LogP contribution in [0.25, 0.3) is 0 Å². The Morgan fingerprint density at radius 2 is 1.95 bits per heavy atom. The van der Waals surface area contributed by atoms with Crippen LogP contribution < -0.4 is 16.0 Å². The largest absolute Gasteiger partial charge is 0.397 e.